The molecule has 0 amide bonds. The molecular weight excluding hydrogens is 180 g/mol. The second-order valence-corrected chi connectivity index (χ2v) is 3.18. The molecule has 0 aliphatic heterocycles. The Morgan fingerprint density at radius 3 is 2.79 bits per heavy atom. The fourth-order valence-electron chi connectivity index (χ4n) is 1.61. The summed E-state index contributed by atoms with van der Waals surface area (Å²) in [5.74, 6) is 0.118. The normalized spacial score (nSPS) is 10.9. The van der Waals surface area contributed by atoms with Crippen molar-refractivity contribution in [1.82, 2.24) is 4.57 Å². The van der Waals surface area contributed by atoms with Crippen LogP contribution in [0.3, 0.4) is 0 Å². The minimum atomic E-state index is -0.00550. The van der Waals surface area contributed by atoms with Gasteiger partial charge >= 0.3 is 0 Å². The van der Waals surface area contributed by atoms with Gasteiger partial charge < -0.3 is 20.5 Å². The van der Waals surface area contributed by atoms with Gasteiger partial charge in [-0.25, -0.2) is 0 Å². The van der Waals surface area contributed by atoms with Gasteiger partial charge in [0.05, 0.1) is 12.0 Å². The van der Waals surface area contributed by atoms with Crippen LogP contribution in [0.5, 0.6) is 5.88 Å². The van der Waals surface area contributed by atoms with E-state index in [1.807, 2.05) is 12.1 Å². The molecule has 0 bridgehead atoms. The molecule has 4 N–H and O–H groups in total. The number of nitrogen functional groups attached to an aromatic ring is 1. The zero-order chi connectivity index (χ0) is 10.1. The van der Waals surface area contributed by atoms with Crippen LogP contribution in [-0.4, -0.2) is 21.4 Å². The molecule has 1 aromatic heterocycles. The lowest BCUT2D eigenvalue weighted by molar-refractivity contribution is 0.268. The molecule has 2 aromatic rings. The second-order valence-electron chi connectivity index (χ2n) is 3.18. The molecule has 4 nitrogen and oxygen atoms in total. The van der Waals surface area contributed by atoms with Crippen LogP contribution in [0.15, 0.2) is 24.4 Å². The fourth-order valence-corrected chi connectivity index (χ4v) is 1.61. The van der Waals surface area contributed by atoms with E-state index in [0.717, 1.165) is 5.39 Å². The Morgan fingerprint density at radius 1 is 1.36 bits per heavy atom. The molecule has 1 aromatic carbocycles. The highest BCUT2D eigenvalue weighted by Gasteiger charge is 2.09. The fraction of sp³-hybridized carbons (Fsp3) is 0.200. The Balaban J connectivity index is 2.68. The molecule has 0 atom stereocenters. The summed E-state index contributed by atoms with van der Waals surface area (Å²) in [5, 5.41) is 20.1. The lowest BCUT2D eigenvalue weighted by Gasteiger charge is -2.01. The average Bonchev–Trinajstić information content (AvgIpc) is 2.46. The number of nitrogens with two attached hydrogens (primary N) is 1. The van der Waals surface area contributed by atoms with Gasteiger partial charge in [-0.3, -0.25) is 0 Å². The molecule has 1 heterocycles. The first-order chi connectivity index (χ1) is 6.74. The molecule has 0 fully saturated rings. The molecule has 74 valence electrons. The van der Waals surface area contributed by atoms with Gasteiger partial charge in [-0.1, -0.05) is 12.1 Å². The van der Waals surface area contributed by atoms with Crippen molar-refractivity contribution in [2.24, 2.45) is 0 Å². The maximum Gasteiger partial charge on any atom is 0.201 e. The van der Waals surface area contributed by atoms with E-state index in [-0.39, 0.29) is 12.5 Å². The lowest BCUT2D eigenvalue weighted by Crippen LogP contribution is -1.99. The number of anilines is 1. The largest absolute Gasteiger partial charge is 0.494 e. The van der Waals surface area contributed by atoms with E-state index >= 15 is 0 Å². The highest BCUT2D eigenvalue weighted by molar-refractivity contribution is 5.97. The summed E-state index contributed by atoms with van der Waals surface area (Å²) in [5.41, 5.74) is 6.28. The van der Waals surface area contributed by atoms with E-state index in [4.69, 9.17) is 10.8 Å². The molecule has 2 rings (SSSR count). The summed E-state index contributed by atoms with van der Waals surface area (Å²) in [6, 6.07) is 5.45. The van der Waals surface area contributed by atoms with Crippen LogP contribution in [0.25, 0.3) is 10.8 Å². The zero-order valence-electron chi connectivity index (χ0n) is 7.64. The molecule has 0 saturated heterocycles. The Bertz CT molecular complexity index is 462. The molecule has 14 heavy (non-hydrogen) atoms. The first kappa shape index (κ1) is 8.90. The number of nitrogens with zero attached hydrogens (tertiary/aromatic N) is 1. The standard InChI is InChI=1S/C10H12N2O2/c11-8-3-1-2-7-6-12(4-5-13)10(14)9(7)8/h1-3,6,13-14H,4-5,11H2. The molecule has 0 aliphatic carbocycles. The predicted octanol–water partition coefficient (Wildman–Crippen LogP) is 0.921. The minimum Gasteiger partial charge on any atom is -0.494 e. The van der Waals surface area contributed by atoms with Crippen molar-refractivity contribution in [3.05, 3.63) is 24.4 Å². The van der Waals surface area contributed by atoms with Crippen molar-refractivity contribution in [3.63, 3.8) is 0 Å². The van der Waals surface area contributed by atoms with Gasteiger partial charge in [0.2, 0.25) is 5.88 Å². The Morgan fingerprint density at radius 2 is 2.14 bits per heavy atom. The van der Waals surface area contributed by atoms with Crippen LogP contribution in [0, 0.1) is 0 Å². The van der Waals surface area contributed by atoms with E-state index in [1.54, 1.807) is 16.8 Å². The third kappa shape index (κ3) is 1.20. The molecule has 0 saturated carbocycles. The SMILES string of the molecule is Nc1cccc2cn(CCO)c(O)c12. The van der Waals surface area contributed by atoms with Crippen molar-refractivity contribution in [2.45, 2.75) is 6.54 Å². The van der Waals surface area contributed by atoms with Crippen molar-refractivity contribution < 1.29 is 10.2 Å². The number of hydrogen-bond donors (Lipinski definition) is 3. The molecule has 0 aliphatic rings. The average molecular weight is 192 g/mol. The van der Waals surface area contributed by atoms with Crippen LogP contribution in [0.4, 0.5) is 5.69 Å². The van der Waals surface area contributed by atoms with Crippen molar-refractivity contribution in [3.8, 4) is 5.88 Å². The number of aromatic hydroxyl groups is 1. The molecule has 0 spiro atoms. The highest BCUT2D eigenvalue weighted by Crippen LogP contribution is 2.31. The van der Waals surface area contributed by atoms with Crippen molar-refractivity contribution in [1.29, 1.82) is 0 Å². The zero-order valence-corrected chi connectivity index (χ0v) is 7.64. The summed E-state index contributed by atoms with van der Waals surface area (Å²) >= 11 is 0. The van der Waals surface area contributed by atoms with E-state index < -0.39 is 0 Å². The Labute approximate surface area is 81.2 Å². The van der Waals surface area contributed by atoms with Crippen LogP contribution in [0.2, 0.25) is 0 Å². The summed E-state index contributed by atoms with van der Waals surface area (Å²) < 4.78 is 1.58. The van der Waals surface area contributed by atoms with Crippen molar-refractivity contribution in [2.75, 3.05) is 12.3 Å². The number of fused-ring (bicyclic) bond motifs is 1. The minimum absolute atomic E-state index is 0.00550. The Hall–Kier alpha value is -1.68. The molecule has 0 radical (unpaired) electrons. The van der Waals surface area contributed by atoms with Gasteiger partial charge in [0.1, 0.15) is 0 Å². The van der Waals surface area contributed by atoms with Crippen LogP contribution in [0.1, 0.15) is 0 Å². The third-order valence-corrected chi connectivity index (χ3v) is 2.26. The summed E-state index contributed by atoms with van der Waals surface area (Å²) in [7, 11) is 0. The first-order valence-corrected chi connectivity index (χ1v) is 4.41. The second kappa shape index (κ2) is 3.23. The Kier molecular flexibility index (Phi) is 2.05. The topological polar surface area (TPSA) is 71.4 Å². The lowest BCUT2D eigenvalue weighted by atomic mass is 10.2. The quantitative estimate of drug-likeness (QED) is 0.619. The highest BCUT2D eigenvalue weighted by atomic mass is 16.3. The summed E-state index contributed by atoms with van der Waals surface area (Å²) in [6.45, 7) is 0.369. The van der Waals surface area contributed by atoms with Gasteiger partial charge in [-0.05, 0) is 6.07 Å². The molecule has 4 heteroatoms. The smallest absolute Gasteiger partial charge is 0.201 e. The van der Waals surface area contributed by atoms with Crippen molar-refractivity contribution >= 4 is 16.5 Å². The number of aromatic nitrogens is 1. The first-order valence-electron chi connectivity index (χ1n) is 4.41. The number of aliphatic hydroxyl groups excluding tert-OH is 1. The van der Waals surface area contributed by atoms with E-state index in [0.29, 0.717) is 17.6 Å². The monoisotopic (exact) mass is 192 g/mol. The maximum absolute atomic E-state index is 9.77. The van der Waals surface area contributed by atoms with E-state index in [2.05, 4.69) is 0 Å². The molecular formula is C10H12N2O2. The van der Waals surface area contributed by atoms with Gasteiger partial charge in [-0.2, -0.15) is 0 Å². The third-order valence-electron chi connectivity index (χ3n) is 2.26. The maximum atomic E-state index is 9.77. The van der Waals surface area contributed by atoms with E-state index in [9.17, 15) is 5.11 Å². The molecule has 0 unspecified atom stereocenters. The predicted molar refractivity (Wildman–Crippen MR) is 55.1 cm³/mol. The van der Waals surface area contributed by atoms with Gasteiger partial charge in [0.15, 0.2) is 0 Å². The van der Waals surface area contributed by atoms with Crippen LogP contribution in [-0.2, 0) is 6.54 Å². The van der Waals surface area contributed by atoms with Gasteiger partial charge in [-0.15, -0.1) is 0 Å². The van der Waals surface area contributed by atoms with Gasteiger partial charge in [0.25, 0.3) is 0 Å². The van der Waals surface area contributed by atoms with Crippen LogP contribution < -0.4 is 5.73 Å². The van der Waals surface area contributed by atoms with Crippen LogP contribution >= 0.6 is 0 Å². The summed E-state index contributed by atoms with van der Waals surface area (Å²) in [4.78, 5) is 0. The number of aliphatic hydroxyl groups is 1. The number of rotatable bonds is 2. The summed E-state index contributed by atoms with van der Waals surface area (Å²) in [6.07, 6.45) is 1.78. The number of hydrogen-bond acceptors (Lipinski definition) is 3. The van der Waals surface area contributed by atoms with Gasteiger partial charge in [0, 0.05) is 23.8 Å². The van der Waals surface area contributed by atoms with E-state index in [1.165, 1.54) is 0 Å². The number of benzene rings is 1.